The molecule has 0 bridgehead atoms. The van der Waals surface area contributed by atoms with Crippen molar-refractivity contribution in [2.24, 2.45) is 5.10 Å². The van der Waals surface area contributed by atoms with Crippen molar-refractivity contribution >= 4 is 23.1 Å². The largest absolute Gasteiger partial charge is 0.508 e. The van der Waals surface area contributed by atoms with Crippen LogP contribution in [-0.4, -0.2) is 49.0 Å². The fourth-order valence-electron chi connectivity index (χ4n) is 6.65. The zero-order valence-electron chi connectivity index (χ0n) is 25.2. The number of rotatable bonds is 8. The number of aromatic hydroxyl groups is 1. The number of carbonyl (C=O) groups excluding carboxylic acids is 1. The van der Waals surface area contributed by atoms with Crippen molar-refractivity contribution in [2.45, 2.75) is 51.5 Å². The molecule has 0 saturated carbocycles. The molecule has 10 nitrogen and oxygen atoms in total. The van der Waals surface area contributed by atoms with E-state index >= 15 is 0 Å². The lowest BCUT2D eigenvalue weighted by molar-refractivity contribution is -0.119. The van der Waals surface area contributed by atoms with E-state index in [1.165, 1.54) is 6.33 Å². The first-order valence-corrected chi connectivity index (χ1v) is 15.5. The molecule has 0 radical (unpaired) electrons. The summed E-state index contributed by atoms with van der Waals surface area (Å²) in [6.45, 7) is 3.67. The van der Waals surface area contributed by atoms with Crippen molar-refractivity contribution in [3.8, 4) is 16.9 Å². The Balaban J connectivity index is 1.27. The van der Waals surface area contributed by atoms with Crippen molar-refractivity contribution in [1.29, 1.82) is 0 Å². The summed E-state index contributed by atoms with van der Waals surface area (Å²) < 4.78 is 3.72. The number of phenols is 1. The van der Waals surface area contributed by atoms with E-state index in [-0.39, 0.29) is 29.7 Å². The first kappa shape index (κ1) is 28.5. The third-order valence-corrected chi connectivity index (χ3v) is 8.86. The van der Waals surface area contributed by atoms with Gasteiger partial charge >= 0.3 is 0 Å². The Morgan fingerprint density at radius 3 is 2.44 bits per heavy atom. The SMILES string of the molecule is CCCc1c(Cc2ccc(-c3ccccc3)c(C3=NNC(=O)C3)c2)c(=O)n(C2CCN(c3ccc(O)cc3)CC2)c2ncnn12. The molecule has 0 atom stereocenters. The third-order valence-electron chi connectivity index (χ3n) is 8.86. The second-order valence-electron chi connectivity index (χ2n) is 11.7. The number of hydrogen-bond acceptors (Lipinski definition) is 7. The van der Waals surface area contributed by atoms with Gasteiger partial charge in [0.05, 0.1) is 17.8 Å². The van der Waals surface area contributed by atoms with Gasteiger partial charge < -0.3 is 10.0 Å². The maximum absolute atomic E-state index is 14.5. The normalized spacial score (nSPS) is 15.4. The minimum Gasteiger partial charge on any atom is -0.508 e. The van der Waals surface area contributed by atoms with Crippen LogP contribution in [0.5, 0.6) is 5.75 Å². The zero-order chi connectivity index (χ0) is 30.9. The van der Waals surface area contributed by atoms with E-state index in [0.717, 1.165) is 71.6 Å². The average Bonchev–Trinajstić information content (AvgIpc) is 3.73. The lowest BCUT2D eigenvalue weighted by Gasteiger charge is -2.34. The van der Waals surface area contributed by atoms with E-state index in [4.69, 9.17) is 0 Å². The minimum absolute atomic E-state index is 0.0204. The third kappa shape index (κ3) is 5.48. The number of hydrogen-bond donors (Lipinski definition) is 2. The van der Waals surface area contributed by atoms with Gasteiger partial charge in [0.15, 0.2) is 0 Å². The summed E-state index contributed by atoms with van der Waals surface area (Å²) >= 11 is 0. The van der Waals surface area contributed by atoms with Crippen molar-refractivity contribution in [2.75, 3.05) is 18.0 Å². The van der Waals surface area contributed by atoms with Gasteiger partial charge in [0.25, 0.3) is 5.56 Å². The Morgan fingerprint density at radius 1 is 0.956 bits per heavy atom. The van der Waals surface area contributed by atoms with Crippen LogP contribution in [0.2, 0.25) is 0 Å². The van der Waals surface area contributed by atoms with E-state index in [0.29, 0.717) is 24.3 Å². The molecule has 5 aromatic rings. The fraction of sp³-hybridized carbons (Fsp3) is 0.286. The van der Waals surface area contributed by atoms with E-state index in [1.54, 1.807) is 12.1 Å². The monoisotopic (exact) mass is 601 g/mol. The molecule has 0 aliphatic carbocycles. The summed E-state index contributed by atoms with van der Waals surface area (Å²) in [5, 5.41) is 18.6. The first-order chi connectivity index (χ1) is 22.0. The topological polar surface area (TPSA) is 117 Å². The summed E-state index contributed by atoms with van der Waals surface area (Å²) in [5.74, 6) is 0.702. The number of nitrogens with one attached hydrogen (secondary N) is 1. The highest BCUT2D eigenvalue weighted by molar-refractivity contribution is 6.16. The molecule has 2 N–H and O–H groups in total. The van der Waals surface area contributed by atoms with Crippen LogP contribution in [0.4, 0.5) is 5.69 Å². The van der Waals surface area contributed by atoms with E-state index in [1.807, 2.05) is 51.5 Å². The van der Waals surface area contributed by atoms with Gasteiger partial charge in [-0.25, -0.2) is 9.94 Å². The molecule has 3 aromatic carbocycles. The van der Waals surface area contributed by atoms with Gasteiger partial charge in [-0.1, -0.05) is 55.8 Å². The molecule has 4 heterocycles. The molecule has 0 spiro atoms. The Morgan fingerprint density at radius 2 is 1.73 bits per heavy atom. The van der Waals surface area contributed by atoms with Crippen LogP contribution in [0.25, 0.3) is 16.9 Å². The van der Waals surface area contributed by atoms with Crippen molar-refractivity contribution in [3.63, 3.8) is 0 Å². The molecule has 0 unspecified atom stereocenters. The van der Waals surface area contributed by atoms with Gasteiger partial charge in [0.2, 0.25) is 11.7 Å². The zero-order valence-corrected chi connectivity index (χ0v) is 25.2. The Labute approximate surface area is 260 Å². The number of phenolic OH excluding ortho intramolecular Hbond substituents is 1. The van der Waals surface area contributed by atoms with E-state index in [2.05, 4.69) is 50.6 Å². The molecule has 2 aliphatic rings. The van der Waals surface area contributed by atoms with E-state index < -0.39 is 0 Å². The highest BCUT2D eigenvalue weighted by atomic mass is 16.3. The van der Waals surface area contributed by atoms with Gasteiger partial charge in [-0.05, 0) is 66.3 Å². The molecule has 1 amide bonds. The predicted octanol–water partition coefficient (Wildman–Crippen LogP) is 4.87. The highest BCUT2D eigenvalue weighted by Crippen LogP contribution is 2.30. The van der Waals surface area contributed by atoms with Crippen LogP contribution in [0.15, 0.2) is 89.0 Å². The van der Waals surface area contributed by atoms with Crippen LogP contribution in [0.3, 0.4) is 0 Å². The van der Waals surface area contributed by atoms with Crippen LogP contribution in [-0.2, 0) is 17.6 Å². The van der Waals surface area contributed by atoms with Crippen LogP contribution in [0.1, 0.15) is 61.0 Å². The van der Waals surface area contributed by atoms with Gasteiger partial charge in [-0.3, -0.25) is 14.2 Å². The molecule has 2 aliphatic heterocycles. The summed E-state index contributed by atoms with van der Waals surface area (Å²) in [7, 11) is 0. The minimum atomic E-state index is -0.129. The lowest BCUT2D eigenvalue weighted by Crippen LogP contribution is -2.39. The number of aromatic nitrogens is 4. The summed E-state index contributed by atoms with van der Waals surface area (Å²) in [6.07, 6.45) is 5.30. The molecule has 228 valence electrons. The molecule has 45 heavy (non-hydrogen) atoms. The first-order valence-electron chi connectivity index (χ1n) is 15.5. The van der Waals surface area contributed by atoms with Crippen molar-refractivity contribution in [1.82, 2.24) is 24.6 Å². The number of piperidine rings is 1. The fourth-order valence-corrected chi connectivity index (χ4v) is 6.65. The molecule has 2 aromatic heterocycles. The Bertz CT molecular complexity index is 1950. The number of fused-ring (bicyclic) bond motifs is 1. The smallest absolute Gasteiger partial charge is 0.259 e. The number of amides is 1. The number of anilines is 1. The number of nitrogens with zero attached hydrogens (tertiary/aromatic N) is 6. The quantitative estimate of drug-likeness (QED) is 0.262. The van der Waals surface area contributed by atoms with Crippen LogP contribution in [0, 0.1) is 0 Å². The standard InChI is InChI=1S/C35H35N7O3/c1-2-6-32-30(20-23-9-14-28(24-7-4-3-5-8-24)29(19-23)31-21-33(44)39-38-31)34(45)41(35-36-22-37-42(32)35)26-15-17-40(18-16-26)25-10-12-27(43)13-11-25/h3-5,7-14,19,22,26,43H,2,6,15-18,20-21H2,1H3,(H,39,44). The molecule has 10 heteroatoms. The number of aryl methyl sites for hydroxylation is 1. The predicted molar refractivity (Wildman–Crippen MR) is 174 cm³/mol. The maximum Gasteiger partial charge on any atom is 0.259 e. The summed E-state index contributed by atoms with van der Waals surface area (Å²) in [5.41, 5.74) is 9.81. The molecule has 1 fully saturated rings. The maximum atomic E-state index is 14.5. The molecule has 1 saturated heterocycles. The number of hydrazone groups is 1. The summed E-state index contributed by atoms with van der Waals surface area (Å²) in [4.78, 5) is 33.5. The van der Waals surface area contributed by atoms with Crippen LogP contribution >= 0.6 is 0 Å². The van der Waals surface area contributed by atoms with Gasteiger partial charge in [-0.2, -0.15) is 15.2 Å². The van der Waals surface area contributed by atoms with Gasteiger partial charge in [0, 0.05) is 42.4 Å². The average molecular weight is 602 g/mol. The van der Waals surface area contributed by atoms with Crippen molar-refractivity contribution in [3.05, 3.63) is 112 Å². The van der Waals surface area contributed by atoms with Crippen molar-refractivity contribution < 1.29 is 9.90 Å². The van der Waals surface area contributed by atoms with Gasteiger partial charge in [0.1, 0.15) is 12.1 Å². The second-order valence-corrected chi connectivity index (χ2v) is 11.7. The Kier molecular flexibility index (Phi) is 7.62. The Hall–Kier alpha value is -5.25. The highest BCUT2D eigenvalue weighted by Gasteiger charge is 2.28. The lowest BCUT2D eigenvalue weighted by atomic mass is 9.91. The summed E-state index contributed by atoms with van der Waals surface area (Å²) in [6, 6.07) is 23.5. The van der Waals surface area contributed by atoms with E-state index in [9.17, 15) is 14.7 Å². The molecule has 7 rings (SSSR count). The molecular weight excluding hydrogens is 566 g/mol. The van der Waals surface area contributed by atoms with Gasteiger partial charge in [-0.15, -0.1) is 0 Å². The molecular formula is C35H35N7O3. The second kappa shape index (κ2) is 12.0. The van der Waals surface area contributed by atoms with Crippen LogP contribution < -0.4 is 15.9 Å². The number of benzene rings is 3. The number of carbonyl (C=O) groups is 1.